The molecule has 4 heteroatoms. The number of halogens is 1. The summed E-state index contributed by atoms with van der Waals surface area (Å²) < 4.78 is 1.06. The van der Waals surface area contributed by atoms with Crippen LogP contribution in [0.15, 0.2) is 28.7 Å². The molecular weight excluding hydrogens is 304 g/mol. The number of hydrogen-bond acceptors (Lipinski definition) is 2. The van der Waals surface area contributed by atoms with Crippen molar-refractivity contribution >= 4 is 21.8 Å². The molecule has 0 bridgehead atoms. The fourth-order valence-corrected chi connectivity index (χ4v) is 2.09. The highest BCUT2D eigenvalue weighted by molar-refractivity contribution is 9.10. The molecule has 0 saturated carbocycles. The van der Waals surface area contributed by atoms with Crippen molar-refractivity contribution in [2.24, 2.45) is 0 Å². The Hall–Kier alpha value is -0.870. The van der Waals surface area contributed by atoms with Crippen LogP contribution in [0, 0.1) is 0 Å². The van der Waals surface area contributed by atoms with Crippen LogP contribution in [0.25, 0.3) is 0 Å². The molecule has 0 aliphatic rings. The Morgan fingerprint density at radius 1 is 1.16 bits per heavy atom. The Morgan fingerprint density at radius 2 is 1.79 bits per heavy atom. The zero-order valence-electron chi connectivity index (χ0n) is 11.9. The monoisotopic (exact) mass is 326 g/mol. The quantitative estimate of drug-likeness (QED) is 0.756. The highest BCUT2D eigenvalue weighted by Crippen LogP contribution is 2.20. The Morgan fingerprint density at radius 3 is 2.37 bits per heavy atom. The average molecular weight is 327 g/mol. The predicted octanol–water partition coefficient (Wildman–Crippen LogP) is 3.06. The maximum atomic E-state index is 11.8. The van der Waals surface area contributed by atoms with Gasteiger partial charge < -0.3 is 10.6 Å². The van der Waals surface area contributed by atoms with Gasteiger partial charge in [-0.25, -0.2) is 0 Å². The van der Waals surface area contributed by atoms with E-state index in [9.17, 15) is 4.79 Å². The van der Waals surface area contributed by atoms with Crippen molar-refractivity contribution in [3.05, 3.63) is 34.3 Å². The van der Waals surface area contributed by atoms with Gasteiger partial charge in [0.1, 0.15) is 0 Å². The molecule has 1 atom stereocenters. The first-order chi connectivity index (χ1) is 8.99. The van der Waals surface area contributed by atoms with Crippen LogP contribution in [0.5, 0.6) is 0 Å². The minimum absolute atomic E-state index is 0.112. The number of rotatable bonds is 7. The van der Waals surface area contributed by atoms with Gasteiger partial charge in [-0.3, -0.25) is 4.79 Å². The van der Waals surface area contributed by atoms with Crippen LogP contribution in [0.4, 0.5) is 0 Å². The van der Waals surface area contributed by atoms with Crippen LogP contribution in [0.1, 0.15) is 38.7 Å². The smallest absolute Gasteiger partial charge is 0.220 e. The molecule has 0 radical (unpaired) electrons. The van der Waals surface area contributed by atoms with Gasteiger partial charge in [0.25, 0.3) is 0 Å². The molecule has 3 nitrogen and oxygen atoms in total. The lowest BCUT2D eigenvalue weighted by Crippen LogP contribution is -2.34. The first-order valence-electron chi connectivity index (χ1n) is 6.74. The lowest BCUT2D eigenvalue weighted by Gasteiger charge is -2.13. The third-order valence-electron chi connectivity index (χ3n) is 2.93. The Labute approximate surface area is 124 Å². The predicted molar refractivity (Wildman–Crippen MR) is 83.3 cm³/mol. The van der Waals surface area contributed by atoms with Gasteiger partial charge in [0.15, 0.2) is 0 Å². The number of amides is 1. The van der Waals surface area contributed by atoms with E-state index < -0.39 is 0 Å². The summed E-state index contributed by atoms with van der Waals surface area (Å²) in [5.41, 5.74) is 1.19. The Balaban J connectivity index is 2.29. The Bertz CT molecular complexity index is 390. The molecule has 106 valence electrons. The second-order valence-corrected chi connectivity index (χ2v) is 6.03. The van der Waals surface area contributed by atoms with Crippen LogP contribution in [0.3, 0.4) is 0 Å². The molecule has 1 amide bonds. The van der Waals surface area contributed by atoms with E-state index in [2.05, 4.69) is 59.5 Å². The van der Waals surface area contributed by atoms with Gasteiger partial charge in [0.2, 0.25) is 5.91 Å². The summed E-state index contributed by atoms with van der Waals surface area (Å²) in [5.74, 6) is 0.354. The Kier molecular flexibility index (Phi) is 7.10. The van der Waals surface area contributed by atoms with Crippen molar-refractivity contribution in [3.8, 4) is 0 Å². The number of benzene rings is 1. The second kappa shape index (κ2) is 8.33. The lowest BCUT2D eigenvalue weighted by molar-refractivity contribution is -0.121. The number of nitrogens with one attached hydrogen (secondary N) is 2. The van der Waals surface area contributed by atoms with Gasteiger partial charge in [0.05, 0.1) is 0 Å². The third kappa shape index (κ3) is 6.73. The van der Waals surface area contributed by atoms with E-state index in [4.69, 9.17) is 0 Å². The standard InChI is InChI=1S/C15H23BrN2O/c1-11(2)17-8-9-18-15(19)10-12(3)13-4-6-14(16)7-5-13/h4-7,11-12,17H,8-10H2,1-3H3,(H,18,19). The summed E-state index contributed by atoms with van der Waals surface area (Å²) in [6.45, 7) is 7.77. The van der Waals surface area contributed by atoms with Crippen LogP contribution in [0.2, 0.25) is 0 Å². The highest BCUT2D eigenvalue weighted by Gasteiger charge is 2.10. The average Bonchev–Trinajstić information content (AvgIpc) is 2.35. The van der Waals surface area contributed by atoms with Crippen LogP contribution < -0.4 is 10.6 Å². The van der Waals surface area contributed by atoms with Crippen molar-refractivity contribution in [2.45, 2.75) is 39.2 Å². The van der Waals surface area contributed by atoms with Crippen molar-refractivity contribution in [2.75, 3.05) is 13.1 Å². The largest absolute Gasteiger partial charge is 0.355 e. The van der Waals surface area contributed by atoms with Gasteiger partial charge in [-0.05, 0) is 23.6 Å². The molecule has 1 aromatic rings. The SMILES string of the molecule is CC(C)NCCNC(=O)CC(C)c1ccc(Br)cc1. The minimum atomic E-state index is 0.112. The zero-order valence-corrected chi connectivity index (χ0v) is 13.5. The molecule has 0 saturated heterocycles. The van der Waals surface area contributed by atoms with E-state index in [1.165, 1.54) is 5.56 Å². The van der Waals surface area contributed by atoms with E-state index in [-0.39, 0.29) is 11.8 Å². The number of carbonyl (C=O) groups is 1. The summed E-state index contributed by atoms with van der Waals surface area (Å²) in [5, 5.41) is 6.21. The van der Waals surface area contributed by atoms with E-state index >= 15 is 0 Å². The van der Waals surface area contributed by atoms with E-state index in [1.807, 2.05) is 12.1 Å². The van der Waals surface area contributed by atoms with Gasteiger partial charge >= 0.3 is 0 Å². The molecule has 0 spiro atoms. The molecule has 2 N–H and O–H groups in total. The molecule has 19 heavy (non-hydrogen) atoms. The van der Waals surface area contributed by atoms with Gasteiger partial charge in [-0.2, -0.15) is 0 Å². The topological polar surface area (TPSA) is 41.1 Å². The third-order valence-corrected chi connectivity index (χ3v) is 3.46. The van der Waals surface area contributed by atoms with E-state index in [0.29, 0.717) is 19.0 Å². The van der Waals surface area contributed by atoms with Gasteiger partial charge in [-0.15, -0.1) is 0 Å². The van der Waals surface area contributed by atoms with Crippen molar-refractivity contribution in [3.63, 3.8) is 0 Å². The van der Waals surface area contributed by atoms with Gasteiger partial charge in [0, 0.05) is 30.0 Å². The first-order valence-corrected chi connectivity index (χ1v) is 7.54. The molecule has 0 aliphatic carbocycles. The molecule has 0 heterocycles. The zero-order chi connectivity index (χ0) is 14.3. The second-order valence-electron chi connectivity index (χ2n) is 5.12. The molecule has 0 aliphatic heterocycles. The van der Waals surface area contributed by atoms with Crippen LogP contribution in [-0.2, 0) is 4.79 Å². The summed E-state index contributed by atoms with van der Waals surface area (Å²) in [7, 11) is 0. The summed E-state index contributed by atoms with van der Waals surface area (Å²) in [6.07, 6.45) is 0.531. The highest BCUT2D eigenvalue weighted by atomic mass is 79.9. The van der Waals surface area contributed by atoms with Crippen molar-refractivity contribution < 1.29 is 4.79 Å². The number of hydrogen-bond donors (Lipinski definition) is 2. The summed E-state index contributed by atoms with van der Waals surface area (Å²) >= 11 is 3.41. The fraction of sp³-hybridized carbons (Fsp3) is 0.533. The lowest BCUT2D eigenvalue weighted by atomic mass is 9.98. The van der Waals surface area contributed by atoms with Gasteiger partial charge in [-0.1, -0.05) is 48.8 Å². The fourth-order valence-electron chi connectivity index (χ4n) is 1.82. The summed E-state index contributed by atoms with van der Waals surface area (Å²) in [4.78, 5) is 11.8. The first kappa shape index (κ1) is 16.2. The molecule has 1 rings (SSSR count). The van der Waals surface area contributed by atoms with Crippen molar-refractivity contribution in [1.82, 2.24) is 10.6 Å². The maximum absolute atomic E-state index is 11.8. The van der Waals surface area contributed by atoms with E-state index in [0.717, 1.165) is 11.0 Å². The maximum Gasteiger partial charge on any atom is 0.220 e. The normalized spacial score (nSPS) is 12.5. The molecular formula is C15H23BrN2O. The van der Waals surface area contributed by atoms with Crippen molar-refractivity contribution in [1.29, 1.82) is 0 Å². The van der Waals surface area contributed by atoms with Crippen LogP contribution in [-0.4, -0.2) is 25.0 Å². The molecule has 0 aromatic heterocycles. The molecule has 0 fully saturated rings. The molecule has 1 unspecified atom stereocenters. The summed E-state index contributed by atoms with van der Waals surface area (Å²) in [6, 6.07) is 8.59. The molecule has 1 aromatic carbocycles. The number of carbonyl (C=O) groups excluding carboxylic acids is 1. The minimum Gasteiger partial charge on any atom is -0.355 e. The van der Waals surface area contributed by atoms with E-state index in [1.54, 1.807) is 0 Å². The van der Waals surface area contributed by atoms with Crippen LogP contribution >= 0.6 is 15.9 Å².